The number of nitrogens with two attached hydrogens (primary N) is 1. The van der Waals surface area contributed by atoms with E-state index >= 15 is 0 Å². The van der Waals surface area contributed by atoms with Crippen LogP contribution in [0.15, 0.2) is 12.1 Å². The van der Waals surface area contributed by atoms with Gasteiger partial charge in [-0.15, -0.1) is 0 Å². The van der Waals surface area contributed by atoms with Crippen molar-refractivity contribution in [3.8, 4) is 5.75 Å². The molecule has 0 amide bonds. The maximum atomic E-state index is 12.7. The Morgan fingerprint density at radius 2 is 2.17 bits per heavy atom. The number of ketones is 1. The van der Waals surface area contributed by atoms with Crippen molar-refractivity contribution in [2.75, 3.05) is 5.73 Å². The van der Waals surface area contributed by atoms with Crippen molar-refractivity contribution in [2.24, 2.45) is 0 Å². The van der Waals surface area contributed by atoms with Gasteiger partial charge in [0.2, 0.25) is 0 Å². The van der Waals surface area contributed by atoms with Gasteiger partial charge in [0, 0.05) is 17.3 Å². The Kier molecular flexibility index (Phi) is 1.99. The number of benzene rings is 1. The first-order valence-electron chi connectivity index (χ1n) is 3.31. The van der Waals surface area contributed by atoms with E-state index < -0.39 is 11.6 Å². The van der Waals surface area contributed by atoms with Gasteiger partial charge in [-0.2, -0.15) is 0 Å². The minimum absolute atomic E-state index is 0.0846. The summed E-state index contributed by atoms with van der Waals surface area (Å²) >= 11 is 0. The molecule has 0 bridgehead atoms. The zero-order chi connectivity index (χ0) is 9.30. The Labute approximate surface area is 68.6 Å². The van der Waals surface area contributed by atoms with Crippen molar-refractivity contribution in [2.45, 2.75) is 6.92 Å². The molecule has 0 saturated carbocycles. The molecule has 3 N–H and O–H groups in total. The summed E-state index contributed by atoms with van der Waals surface area (Å²) in [5.74, 6) is -1.71. The summed E-state index contributed by atoms with van der Waals surface area (Å²) < 4.78 is 12.7. The highest BCUT2D eigenvalue weighted by Gasteiger charge is 2.09. The number of anilines is 1. The van der Waals surface area contributed by atoms with Gasteiger partial charge in [-0.25, -0.2) is 4.39 Å². The number of Topliss-reactive ketones (excluding diaryl/α,β-unsaturated/α-hetero) is 1. The Bertz CT molecular complexity index is 336. The number of carbonyl (C=O) groups is 1. The van der Waals surface area contributed by atoms with Crippen molar-refractivity contribution >= 4 is 11.5 Å². The van der Waals surface area contributed by atoms with Crippen LogP contribution in [0.1, 0.15) is 17.3 Å². The van der Waals surface area contributed by atoms with Crippen LogP contribution in [0.2, 0.25) is 0 Å². The normalized spacial score (nSPS) is 9.83. The number of hydrogen-bond donors (Lipinski definition) is 2. The van der Waals surface area contributed by atoms with Crippen LogP contribution in [0.5, 0.6) is 5.75 Å². The van der Waals surface area contributed by atoms with Gasteiger partial charge >= 0.3 is 0 Å². The van der Waals surface area contributed by atoms with Crippen molar-refractivity contribution in [1.82, 2.24) is 0 Å². The topological polar surface area (TPSA) is 63.3 Å². The van der Waals surface area contributed by atoms with E-state index in [0.717, 1.165) is 12.1 Å². The van der Waals surface area contributed by atoms with Crippen LogP contribution in [0, 0.1) is 5.82 Å². The molecule has 4 heteroatoms. The van der Waals surface area contributed by atoms with E-state index in [9.17, 15) is 9.18 Å². The molecule has 0 spiro atoms. The molecular formula is C8H8FNO2. The van der Waals surface area contributed by atoms with Crippen LogP contribution in [-0.2, 0) is 0 Å². The van der Waals surface area contributed by atoms with E-state index in [2.05, 4.69) is 0 Å². The molecule has 0 saturated heterocycles. The maximum Gasteiger partial charge on any atom is 0.165 e. The largest absolute Gasteiger partial charge is 0.505 e. The third-order valence-electron chi connectivity index (χ3n) is 1.50. The van der Waals surface area contributed by atoms with Crippen molar-refractivity contribution in [3.05, 3.63) is 23.5 Å². The maximum absolute atomic E-state index is 12.7. The minimum atomic E-state index is -0.839. The molecule has 0 fully saturated rings. The van der Waals surface area contributed by atoms with Gasteiger partial charge in [0.15, 0.2) is 17.3 Å². The highest BCUT2D eigenvalue weighted by Crippen LogP contribution is 2.22. The molecule has 0 aliphatic heterocycles. The summed E-state index contributed by atoms with van der Waals surface area (Å²) in [6.45, 7) is 1.28. The average Bonchev–Trinajstić information content (AvgIpc) is 1.96. The first-order valence-corrected chi connectivity index (χ1v) is 3.31. The second-order valence-corrected chi connectivity index (χ2v) is 2.45. The minimum Gasteiger partial charge on any atom is -0.505 e. The summed E-state index contributed by atoms with van der Waals surface area (Å²) in [5, 5.41) is 8.84. The van der Waals surface area contributed by atoms with Crippen LogP contribution in [0.3, 0.4) is 0 Å². The summed E-state index contributed by atoms with van der Waals surface area (Å²) in [5.41, 5.74) is 5.52. The Morgan fingerprint density at radius 1 is 1.58 bits per heavy atom. The Morgan fingerprint density at radius 3 is 2.67 bits per heavy atom. The predicted octanol–water partition coefficient (Wildman–Crippen LogP) is 1.32. The molecule has 12 heavy (non-hydrogen) atoms. The fourth-order valence-corrected chi connectivity index (χ4v) is 0.883. The molecule has 0 aliphatic carbocycles. The third kappa shape index (κ3) is 1.37. The molecular weight excluding hydrogens is 161 g/mol. The monoisotopic (exact) mass is 169 g/mol. The second-order valence-electron chi connectivity index (χ2n) is 2.45. The molecule has 1 rings (SSSR count). The van der Waals surface area contributed by atoms with Crippen LogP contribution < -0.4 is 5.73 Å². The Hall–Kier alpha value is -1.58. The van der Waals surface area contributed by atoms with Gasteiger partial charge in [0.25, 0.3) is 0 Å². The standard InChI is InChI=1S/C8H8FNO2/c1-4(11)5-2-6(9)8(12)3-7(5)10/h2-3,12H,10H2,1H3. The zero-order valence-electron chi connectivity index (χ0n) is 6.47. The lowest BCUT2D eigenvalue weighted by atomic mass is 10.1. The number of phenolic OH excluding ortho intramolecular Hbond substituents is 1. The van der Waals surface area contributed by atoms with Crippen LogP contribution >= 0.6 is 0 Å². The Balaban J connectivity index is 3.33. The lowest BCUT2D eigenvalue weighted by Crippen LogP contribution is -2.00. The van der Waals surface area contributed by atoms with Gasteiger partial charge < -0.3 is 10.8 Å². The fourth-order valence-electron chi connectivity index (χ4n) is 0.883. The molecule has 0 heterocycles. The molecule has 0 unspecified atom stereocenters. The number of rotatable bonds is 1. The van der Waals surface area contributed by atoms with Crippen LogP contribution in [0.25, 0.3) is 0 Å². The number of nitrogen functional groups attached to an aromatic ring is 1. The highest BCUT2D eigenvalue weighted by atomic mass is 19.1. The lowest BCUT2D eigenvalue weighted by molar-refractivity contribution is 0.101. The van der Waals surface area contributed by atoms with E-state index in [4.69, 9.17) is 10.8 Å². The van der Waals surface area contributed by atoms with Crippen molar-refractivity contribution in [3.63, 3.8) is 0 Å². The van der Waals surface area contributed by atoms with Gasteiger partial charge in [0.05, 0.1) is 0 Å². The van der Waals surface area contributed by atoms with E-state index in [1.165, 1.54) is 6.92 Å². The summed E-state index contributed by atoms with van der Waals surface area (Å²) in [4.78, 5) is 10.8. The van der Waals surface area contributed by atoms with Crippen molar-refractivity contribution in [1.29, 1.82) is 0 Å². The summed E-state index contributed by atoms with van der Waals surface area (Å²) in [7, 11) is 0. The number of hydrogen-bond acceptors (Lipinski definition) is 3. The van der Waals surface area contributed by atoms with E-state index in [-0.39, 0.29) is 17.0 Å². The molecule has 0 aliphatic rings. The highest BCUT2D eigenvalue weighted by molar-refractivity contribution is 5.99. The summed E-state index contributed by atoms with van der Waals surface area (Å²) in [6, 6.07) is 1.94. The zero-order valence-corrected chi connectivity index (χ0v) is 6.47. The molecule has 64 valence electrons. The van der Waals surface area contributed by atoms with E-state index in [1.807, 2.05) is 0 Å². The molecule has 3 nitrogen and oxygen atoms in total. The molecule has 0 atom stereocenters. The summed E-state index contributed by atoms with van der Waals surface area (Å²) in [6.07, 6.45) is 0. The smallest absolute Gasteiger partial charge is 0.165 e. The van der Waals surface area contributed by atoms with E-state index in [1.54, 1.807) is 0 Å². The SMILES string of the molecule is CC(=O)c1cc(F)c(O)cc1N. The number of carbonyl (C=O) groups excluding carboxylic acids is 1. The van der Waals surface area contributed by atoms with Crippen LogP contribution in [-0.4, -0.2) is 10.9 Å². The number of halogens is 1. The third-order valence-corrected chi connectivity index (χ3v) is 1.50. The number of phenols is 1. The van der Waals surface area contributed by atoms with E-state index in [0.29, 0.717) is 0 Å². The fraction of sp³-hybridized carbons (Fsp3) is 0.125. The molecule has 1 aromatic carbocycles. The second kappa shape index (κ2) is 2.81. The molecule has 0 radical (unpaired) electrons. The lowest BCUT2D eigenvalue weighted by Gasteiger charge is -2.02. The molecule has 0 aromatic heterocycles. The predicted molar refractivity (Wildman–Crippen MR) is 42.5 cm³/mol. The van der Waals surface area contributed by atoms with Gasteiger partial charge in [-0.3, -0.25) is 4.79 Å². The van der Waals surface area contributed by atoms with Gasteiger partial charge in [-0.05, 0) is 13.0 Å². The number of aromatic hydroxyl groups is 1. The average molecular weight is 169 g/mol. The first-order chi connectivity index (χ1) is 5.52. The van der Waals surface area contributed by atoms with Crippen molar-refractivity contribution < 1.29 is 14.3 Å². The van der Waals surface area contributed by atoms with Gasteiger partial charge in [0.1, 0.15) is 0 Å². The van der Waals surface area contributed by atoms with Gasteiger partial charge in [-0.1, -0.05) is 0 Å². The first kappa shape index (κ1) is 8.52. The quantitative estimate of drug-likeness (QED) is 0.492. The van der Waals surface area contributed by atoms with Crippen LogP contribution in [0.4, 0.5) is 10.1 Å². The molecule has 1 aromatic rings.